The van der Waals surface area contributed by atoms with E-state index < -0.39 is 134 Å². The Morgan fingerprint density at radius 1 is 0.440 bits per heavy atom. The summed E-state index contributed by atoms with van der Waals surface area (Å²) in [5.74, 6) is -25.1. The molecule has 2 aromatic heterocycles. The van der Waals surface area contributed by atoms with E-state index in [4.69, 9.17) is 0 Å². The highest BCUT2D eigenvalue weighted by Crippen LogP contribution is 2.47. The van der Waals surface area contributed by atoms with Gasteiger partial charge in [0.1, 0.15) is 46.8 Å². The summed E-state index contributed by atoms with van der Waals surface area (Å²) in [4.78, 5) is 7.72. The van der Waals surface area contributed by atoms with Gasteiger partial charge in [0, 0.05) is 11.1 Å². The first-order valence-electron chi connectivity index (χ1n) is 12.5. The third kappa shape index (κ3) is 4.73. The summed E-state index contributed by atoms with van der Waals surface area (Å²) < 4.78 is 147. The van der Waals surface area contributed by atoms with Crippen LogP contribution in [0.2, 0.25) is 0 Å². The molecular formula is C28F10N10S2. The highest BCUT2D eigenvalue weighted by atomic mass is 32.1. The van der Waals surface area contributed by atoms with Gasteiger partial charge >= 0.3 is 0 Å². The van der Waals surface area contributed by atoms with Gasteiger partial charge in [-0.3, -0.25) is 0 Å². The Bertz CT molecular complexity index is 2370. The fourth-order valence-corrected chi connectivity index (χ4v) is 5.92. The molecule has 0 N–H and O–H groups in total. The Labute approximate surface area is 276 Å². The SMILES string of the molecule is N#C/C(=C1\C(c2c(F)c(F)c(F)c(F)c2F)=NC2=C1N=C(c1c(F)c(F)c(F)c(F)c1F)/C2=C(\C#N)c1nnc(C#N)s1)c1nnc(C#N)s1. The summed E-state index contributed by atoms with van der Waals surface area (Å²) in [7, 11) is 0. The van der Waals surface area contributed by atoms with Gasteiger partial charge in [-0.05, 0) is 0 Å². The predicted molar refractivity (Wildman–Crippen MR) is 147 cm³/mol. The molecule has 0 radical (unpaired) electrons. The number of nitriles is 4. The third-order valence-electron chi connectivity index (χ3n) is 6.70. The van der Waals surface area contributed by atoms with Crippen LogP contribution in [0.1, 0.15) is 31.2 Å². The highest BCUT2D eigenvalue weighted by Gasteiger charge is 2.44. The van der Waals surface area contributed by atoms with Crippen molar-refractivity contribution in [3.05, 3.63) is 112 Å². The van der Waals surface area contributed by atoms with Crippen LogP contribution >= 0.6 is 22.7 Å². The standard InChI is InChI=1S/C28F10N10S2/c29-13-11(14(30)18(34)21(37)17(13)33)23-9(5(1-39)27-47-45-7(3-41)49-27)25-26(43-23)10(6(2-40)28-48-46-8(4-42)50-28)24(44-25)12-15(31)19(35)22(38)20(36)16(12)32/b9-5-,10-6-. The number of hydrogen-bond acceptors (Lipinski definition) is 12. The molecule has 10 nitrogen and oxygen atoms in total. The zero-order chi connectivity index (χ0) is 36.3. The Morgan fingerprint density at radius 2 is 0.740 bits per heavy atom. The van der Waals surface area contributed by atoms with Crippen LogP contribution in [0.3, 0.4) is 0 Å². The molecule has 0 spiro atoms. The summed E-state index contributed by atoms with van der Waals surface area (Å²) in [6.45, 7) is 0. The molecule has 0 unspecified atom stereocenters. The molecule has 4 heterocycles. The van der Waals surface area contributed by atoms with Gasteiger partial charge in [0.25, 0.3) is 0 Å². The zero-order valence-corrected chi connectivity index (χ0v) is 24.7. The maximum atomic E-state index is 15.3. The quantitative estimate of drug-likeness (QED) is 0.107. The van der Waals surface area contributed by atoms with Gasteiger partial charge in [-0.2, -0.15) is 21.0 Å². The van der Waals surface area contributed by atoms with Crippen molar-refractivity contribution in [2.45, 2.75) is 0 Å². The number of nitrogens with zero attached hydrogens (tertiary/aromatic N) is 10. The number of aromatic nitrogens is 4. The topological polar surface area (TPSA) is 171 Å². The first-order valence-corrected chi connectivity index (χ1v) is 14.2. The van der Waals surface area contributed by atoms with E-state index in [0.29, 0.717) is 22.7 Å². The van der Waals surface area contributed by atoms with Crippen LogP contribution in [0, 0.1) is 103 Å². The Morgan fingerprint density at radius 3 is 1.00 bits per heavy atom. The maximum Gasteiger partial charge on any atom is 0.218 e. The highest BCUT2D eigenvalue weighted by molar-refractivity contribution is 7.13. The Hall–Kier alpha value is -6.62. The predicted octanol–water partition coefficient (Wildman–Crippen LogP) is 6.00. The molecule has 6 rings (SSSR count). The molecule has 2 aliphatic heterocycles. The average molecular weight is 730 g/mol. The lowest BCUT2D eigenvalue weighted by atomic mass is 9.94. The summed E-state index contributed by atoms with van der Waals surface area (Å²) in [6.07, 6.45) is 0. The molecule has 0 aliphatic carbocycles. The number of rotatable bonds is 4. The largest absolute Gasteiger partial charge is 0.244 e. The van der Waals surface area contributed by atoms with Crippen molar-refractivity contribution in [1.82, 2.24) is 20.4 Å². The summed E-state index contributed by atoms with van der Waals surface area (Å²) in [6, 6.07) is 6.20. The van der Waals surface area contributed by atoms with Gasteiger partial charge < -0.3 is 0 Å². The minimum atomic E-state index is -2.60. The van der Waals surface area contributed by atoms with E-state index in [1.807, 2.05) is 0 Å². The third-order valence-corrected chi connectivity index (χ3v) is 8.40. The van der Waals surface area contributed by atoms with Crippen molar-refractivity contribution in [1.29, 1.82) is 21.0 Å². The molecule has 0 saturated carbocycles. The molecule has 244 valence electrons. The molecule has 2 aromatic carbocycles. The minimum Gasteiger partial charge on any atom is -0.244 e. The lowest BCUT2D eigenvalue weighted by Gasteiger charge is -2.14. The van der Waals surface area contributed by atoms with E-state index in [1.54, 1.807) is 12.1 Å². The van der Waals surface area contributed by atoms with Crippen LogP contribution in [0.4, 0.5) is 43.9 Å². The van der Waals surface area contributed by atoms with Crippen LogP contribution in [0.15, 0.2) is 32.5 Å². The van der Waals surface area contributed by atoms with E-state index >= 15 is 17.6 Å². The molecule has 0 amide bonds. The van der Waals surface area contributed by atoms with E-state index in [2.05, 4.69) is 30.4 Å². The van der Waals surface area contributed by atoms with Crippen molar-refractivity contribution in [3.8, 4) is 24.3 Å². The monoisotopic (exact) mass is 730 g/mol. The smallest absolute Gasteiger partial charge is 0.218 e. The van der Waals surface area contributed by atoms with Gasteiger partial charge in [0.15, 0.2) is 56.6 Å². The first kappa shape index (κ1) is 33.3. The van der Waals surface area contributed by atoms with E-state index in [9.17, 15) is 47.4 Å². The summed E-state index contributed by atoms with van der Waals surface area (Å²) in [5, 5.41) is 50.8. The Kier molecular flexibility index (Phi) is 8.07. The molecule has 0 atom stereocenters. The van der Waals surface area contributed by atoms with Crippen LogP contribution in [-0.4, -0.2) is 31.8 Å². The average Bonchev–Trinajstić information content (AvgIpc) is 3.92. The van der Waals surface area contributed by atoms with Crippen molar-refractivity contribution in [2.75, 3.05) is 0 Å². The van der Waals surface area contributed by atoms with Crippen LogP contribution in [0.5, 0.6) is 0 Å². The number of aliphatic imine (C=N–C) groups is 2. The number of halogens is 10. The number of allylic oxidation sites excluding steroid dienone is 4. The van der Waals surface area contributed by atoms with E-state index in [0.717, 1.165) is 0 Å². The molecule has 4 aromatic rings. The molecule has 0 saturated heterocycles. The maximum absolute atomic E-state index is 15.3. The first-order chi connectivity index (χ1) is 23.8. The fraction of sp³-hybridized carbons (Fsp3) is 0. The van der Waals surface area contributed by atoms with Crippen molar-refractivity contribution < 1.29 is 43.9 Å². The van der Waals surface area contributed by atoms with Crippen molar-refractivity contribution >= 4 is 45.2 Å². The molecule has 2 aliphatic rings. The number of benzene rings is 2. The fourth-order valence-electron chi connectivity index (χ4n) is 4.64. The number of hydrogen-bond donors (Lipinski definition) is 0. The molecule has 0 fully saturated rings. The molecule has 22 heteroatoms. The van der Waals surface area contributed by atoms with Gasteiger partial charge in [-0.1, -0.05) is 22.7 Å². The van der Waals surface area contributed by atoms with E-state index in [1.165, 1.54) is 12.1 Å². The van der Waals surface area contributed by atoms with Gasteiger partial charge in [-0.15, -0.1) is 20.4 Å². The van der Waals surface area contributed by atoms with Gasteiger partial charge in [0.2, 0.25) is 21.6 Å². The van der Waals surface area contributed by atoms with Gasteiger partial charge in [-0.25, -0.2) is 53.9 Å². The lowest BCUT2D eigenvalue weighted by molar-refractivity contribution is 0.377. The second kappa shape index (κ2) is 12.1. The minimum absolute atomic E-state index is 0.364. The summed E-state index contributed by atoms with van der Waals surface area (Å²) >= 11 is 0.729. The van der Waals surface area contributed by atoms with Crippen LogP contribution in [-0.2, 0) is 0 Å². The molecule has 50 heavy (non-hydrogen) atoms. The van der Waals surface area contributed by atoms with Crippen LogP contribution < -0.4 is 0 Å². The lowest BCUT2D eigenvalue weighted by Crippen LogP contribution is -2.18. The Balaban J connectivity index is 1.81. The van der Waals surface area contributed by atoms with Crippen LogP contribution in [0.25, 0.3) is 11.1 Å². The van der Waals surface area contributed by atoms with Crippen molar-refractivity contribution in [2.24, 2.45) is 9.98 Å². The second-order valence-electron chi connectivity index (χ2n) is 9.28. The zero-order valence-electron chi connectivity index (χ0n) is 23.1. The molecule has 0 bridgehead atoms. The normalized spacial score (nSPS) is 15.6. The summed E-state index contributed by atoms with van der Waals surface area (Å²) in [5.41, 5.74) is -11.7. The van der Waals surface area contributed by atoms with Gasteiger partial charge in [0.05, 0.1) is 22.6 Å². The van der Waals surface area contributed by atoms with E-state index in [-0.39, 0.29) is 0 Å². The second-order valence-corrected chi connectivity index (χ2v) is 11.2. The van der Waals surface area contributed by atoms with Crippen molar-refractivity contribution in [3.63, 3.8) is 0 Å². The molecular weight excluding hydrogens is 730 g/mol.